The fourth-order valence-corrected chi connectivity index (χ4v) is 5.96. The van der Waals surface area contributed by atoms with Crippen molar-refractivity contribution in [1.29, 1.82) is 0 Å². The van der Waals surface area contributed by atoms with Gasteiger partial charge in [0.1, 0.15) is 15.0 Å². The normalized spacial score (nSPS) is 16.9. The summed E-state index contributed by atoms with van der Waals surface area (Å²) in [6.07, 6.45) is -1.13. The van der Waals surface area contributed by atoms with Crippen LogP contribution in [0.25, 0.3) is 0 Å². The van der Waals surface area contributed by atoms with Gasteiger partial charge in [0.15, 0.2) is 5.78 Å². The molecule has 1 saturated heterocycles. The number of nitrogens with zero attached hydrogens (tertiary/aromatic N) is 1. The lowest BCUT2D eigenvalue weighted by molar-refractivity contribution is -0.0411. The molecule has 162 valence electrons. The number of nitrogens with one attached hydrogen (secondary N) is 1. The molecule has 0 radical (unpaired) electrons. The fourth-order valence-electron chi connectivity index (χ4n) is 2.98. The highest BCUT2D eigenvalue weighted by Crippen LogP contribution is 2.37. The van der Waals surface area contributed by atoms with Crippen LogP contribution in [0.1, 0.15) is 46.9 Å². The quantitative estimate of drug-likeness (QED) is 0.657. The number of anilines is 1. The minimum absolute atomic E-state index is 0.0203. The van der Waals surface area contributed by atoms with E-state index in [9.17, 15) is 31.2 Å². The Morgan fingerprint density at radius 2 is 1.80 bits per heavy atom. The van der Waals surface area contributed by atoms with Crippen molar-refractivity contribution in [3.05, 3.63) is 47.3 Å². The second-order valence-electron chi connectivity index (χ2n) is 6.78. The maximum absolute atomic E-state index is 13.9. The van der Waals surface area contributed by atoms with Crippen LogP contribution in [0.2, 0.25) is 0 Å². The molecule has 1 fully saturated rings. The topological polar surface area (TPSA) is 83.6 Å². The van der Waals surface area contributed by atoms with Gasteiger partial charge >= 0.3 is 0 Å². The van der Waals surface area contributed by atoms with Crippen LogP contribution >= 0.6 is 11.3 Å². The summed E-state index contributed by atoms with van der Waals surface area (Å²) in [5.74, 6) is -4.93. The SMILES string of the molecule is CCC(=O)c1cc(S(=O)(=O)N2CCC(F)(F)CC2)sc1NC(=O)c1ccccc1F. The second kappa shape index (κ2) is 8.48. The van der Waals surface area contributed by atoms with E-state index in [1.165, 1.54) is 18.2 Å². The number of carbonyl (C=O) groups excluding carboxylic acids is 2. The molecule has 3 rings (SSSR count). The summed E-state index contributed by atoms with van der Waals surface area (Å²) in [7, 11) is -4.12. The molecule has 11 heteroatoms. The van der Waals surface area contributed by atoms with E-state index in [1.54, 1.807) is 6.92 Å². The Kier molecular flexibility index (Phi) is 6.34. The number of Topliss-reactive ketones (excluding diaryl/α,β-unsaturated/α-hetero) is 1. The maximum atomic E-state index is 13.9. The highest BCUT2D eigenvalue weighted by molar-refractivity contribution is 7.91. The van der Waals surface area contributed by atoms with Gasteiger partial charge in [0.2, 0.25) is 0 Å². The molecule has 0 saturated carbocycles. The van der Waals surface area contributed by atoms with E-state index < -0.39 is 46.3 Å². The lowest BCUT2D eigenvalue weighted by Crippen LogP contribution is -2.42. The van der Waals surface area contributed by atoms with Crippen LogP contribution < -0.4 is 5.32 Å². The van der Waals surface area contributed by atoms with Crippen LogP contribution in [0.4, 0.5) is 18.2 Å². The van der Waals surface area contributed by atoms with Gasteiger partial charge in [0.25, 0.3) is 21.9 Å². The van der Waals surface area contributed by atoms with E-state index >= 15 is 0 Å². The maximum Gasteiger partial charge on any atom is 0.259 e. The van der Waals surface area contributed by atoms with Crippen LogP contribution in [0.15, 0.2) is 34.5 Å². The van der Waals surface area contributed by atoms with E-state index in [2.05, 4.69) is 5.32 Å². The van der Waals surface area contributed by atoms with Gasteiger partial charge in [-0.1, -0.05) is 19.1 Å². The van der Waals surface area contributed by atoms with Crippen LogP contribution in [0.3, 0.4) is 0 Å². The van der Waals surface area contributed by atoms with Crippen molar-refractivity contribution in [3.63, 3.8) is 0 Å². The summed E-state index contributed by atoms with van der Waals surface area (Å²) in [5, 5.41) is 2.38. The van der Waals surface area contributed by atoms with Gasteiger partial charge in [-0.3, -0.25) is 9.59 Å². The molecule has 0 bridgehead atoms. The predicted molar refractivity (Wildman–Crippen MR) is 106 cm³/mol. The molecule has 0 spiro atoms. The number of ketones is 1. The third-order valence-corrected chi connectivity index (χ3v) is 8.12. The molecule has 1 N–H and O–H groups in total. The Balaban J connectivity index is 1.92. The molecule has 30 heavy (non-hydrogen) atoms. The van der Waals surface area contributed by atoms with Crippen molar-refractivity contribution in [2.24, 2.45) is 0 Å². The molecular formula is C19H19F3N2O4S2. The summed E-state index contributed by atoms with van der Waals surface area (Å²) >= 11 is 0.640. The molecule has 0 aliphatic carbocycles. The predicted octanol–water partition coefficient (Wildman–Crippen LogP) is 4.15. The van der Waals surface area contributed by atoms with Crippen molar-refractivity contribution in [2.75, 3.05) is 18.4 Å². The van der Waals surface area contributed by atoms with Crippen molar-refractivity contribution in [2.45, 2.75) is 36.3 Å². The van der Waals surface area contributed by atoms with Gasteiger partial charge in [-0.25, -0.2) is 21.6 Å². The van der Waals surface area contributed by atoms with Crippen molar-refractivity contribution in [3.8, 4) is 0 Å². The molecule has 2 heterocycles. The molecule has 2 aromatic rings. The number of sulfonamides is 1. The summed E-state index contributed by atoms with van der Waals surface area (Å²) in [6.45, 7) is 0.881. The third-order valence-electron chi connectivity index (χ3n) is 4.72. The molecule has 6 nitrogen and oxygen atoms in total. The number of alkyl halides is 2. The van der Waals surface area contributed by atoms with Crippen molar-refractivity contribution < 1.29 is 31.2 Å². The van der Waals surface area contributed by atoms with Crippen molar-refractivity contribution >= 4 is 38.1 Å². The number of halogens is 3. The zero-order chi connectivity index (χ0) is 22.1. The molecule has 1 amide bonds. The molecule has 1 aromatic carbocycles. The number of hydrogen-bond acceptors (Lipinski definition) is 5. The Morgan fingerprint density at radius 3 is 2.40 bits per heavy atom. The molecule has 0 unspecified atom stereocenters. The Labute approximate surface area is 175 Å². The minimum Gasteiger partial charge on any atom is -0.313 e. The van der Waals surface area contributed by atoms with Gasteiger partial charge in [-0.2, -0.15) is 4.31 Å². The van der Waals surface area contributed by atoms with Crippen LogP contribution in [-0.2, 0) is 10.0 Å². The highest BCUT2D eigenvalue weighted by atomic mass is 32.2. The number of rotatable bonds is 6. The van der Waals surface area contributed by atoms with E-state index in [4.69, 9.17) is 0 Å². The average molecular weight is 460 g/mol. The minimum atomic E-state index is -4.12. The summed E-state index contributed by atoms with van der Waals surface area (Å²) < 4.78 is 67.1. The number of amides is 1. The molecule has 1 aromatic heterocycles. The fraction of sp³-hybridized carbons (Fsp3) is 0.368. The Bertz CT molecular complexity index is 1070. The highest BCUT2D eigenvalue weighted by Gasteiger charge is 2.39. The average Bonchev–Trinajstić information content (AvgIpc) is 3.12. The largest absolute Gasteiger partial charge is 0.313 e. The van der Waals surface area contributed by atoms with Gasteiger partial charge < -0.3 is 5.32 Å². The van der Waals surface area contributed by atoms with E-state index in [0.717, 1.165) is 16.4 Å². The number of thiophene rings is 1. The molecule has 1 aliphatic heterocycles. The first-order chi connectivity index (χ1) is 14.0. The smallest absolute Gasteiger partial charge is 0.259 e. The number of carbonyl (C=O) groups is 2. The van der Waals surface area contributed by atoms with Crippen LogP contribution in [0.5, 0.6) is 0 Å². The van der Waals surface area contributed by atoms with Gasteiger partial charge in [0, 0.05) is 32.4 Å². The number of piperidine rings is 1. The van der Waals surface area contributed by atoms with Gasteiger partial charge in [-0.05, 0) is 18.2 Å². The van der Waals surface area contributed by atoms with Crippen LogP contribution in [-0.4, -0.2) is 43.4 Å². The van der Waals surface area contributed by atoms with Gasteiger partial charge in [0.05, 0.1) is 11.1 Å². The summed E-state index contributed by atoms with van der Waals surface area (Å²) in [4.78, 5) is 24.7. The van der Waals surface area contributed by atoms with Crippen LogP contribution in [0, 0.1) is 5.82 Å². The van der Waals surface area contributed by atoms with E-state index in [0.29, 0.717) is 11.3 Å². The van der Waals surface area contributed by atoms with E-state index in [-0.39, 0.29) is 39.8 Å². The monoisotopic (exact) mass is 460 g/mol. The number of benzene rings is 1. The van der Waals surface area contributed by atoms with Gasteiger partial charge in [-0.15, -0.1) is 11.3 Å². The lowest BCUT2D eigenvalue weighted by Gasteiger charge is -2.30. The third kappa shape index (κ3) is 4.57. The summed E-state index contributed by atoms with van der Waals surface area (Å²) in [5.41, 5.74) is -0.281. The summed E-state index contributed by atoms with van der Waals surface area (Å²) in [6, 6.07) is 6.37. The molecule has 1 aliphatic rings. The zero-order valence-electron chi connectivity index (χ0n) is 16.0. The number of hydrogen-bond donors (Lipinski definition) is 1. The first kappa shape index (κ1) is 22.4. The second-order valence-corrected chi connectivity index (χ2v) is 10.00. The Morgan fingerprint density at radius 1 is 1.17 bits per heavy atom. The van der Waals surface area contributed by atoms with E-state index in [1.807, 2.05) is 0 Å². The van der Waals surface area contributed by atoms with Crippen molar-refractivity contribution in [1.82, 2.24) is 4.31 Å². The zero-order valence-corrected chi connectivity index (χ0v) is 17.6. The molecule has 0 atom stereocenters. The standard InChI is InChI=1S/C19H19F3N2O4S2/c1-2-15(25)13-11-16(30(27,28)24-9-7-19(21,22)8-10-24)29-18(13)23-17(26)12-5-3-4-6-14(12)20/h3-6,11H,2,7-10H2,1H3,(H,23,26). The molecular weight excluding hydrogens is 441 g/mol. The first-order valence-electron chi connectivity index (χ1n) is 9.16. The first-order valence-corrected chi connectivity index (χ1v) is 11.4. The Hall–Kier alpha value is -2.24. The lowest BCUT2D eigenvalue weighted by atomic mass is 10.1.